The Kier molecular flexibility index (Phi) is 4.18. The Morgan fingerprint density at radius 3 is 2.54 bits per heavy atom. The van der Waals surface area contributed by atoms with Gasteiger partial charge in [-0.1, -0.05) is 24.3 Å². The van der Waals surface area contributed by atoms with E-state index < -0.39 is 22.0 Å². The van der Waals surface area contributed by atoms with E-state index in [9.17, 15) is 13.2 Å². The van der Waals surface area contributed by atoms with Crippen molar-refractivity contribution in [3.8, 4) is 0 Å². The van der Waals surface area contributed by atoms with E-state index in [4.69, 9.17) is 5.73 Å². The molecule has 24 heavy (non-hydrogen) atoms. The predicted molar refractivity (Wildman–Crippen MR) is 88.5 cm³/mol. The largest absolute Gasteiger partial charge is 0.368 e. The second-order valence-electron chi connectivity index (χ2n) is 6.19. The fourth-order valence-electron chi connectivity index (χ4n) is 2.87. The second-order valence-corrected chi connectivity index (χ2v) is 8.08. The monoisotopic (exact) mass is 348 g/mol. The summed E-state index contributed by atoms with van der Waals surface area (Å²) in [6.07, 6.45) is 3.08. The Morgan fingerprint density at radius 1 is 1.29 bits per heavy atom. The third-order valence-electron chi connectivity index (χ3n) is 4.25. The summed E-state index contributed by atoms with van der Waals surface area (Å²) in [5, 5.41) is 4.09. The third-order valence-corrected chi connectivity index (χ3v) is 6.05. The fraction of sp³-hybridized carbons (Fsp3) is 0.375. The minimum Gasteiger partial charge on any atom is -0.368 e. The Hall–Kier alpha value is -2.19. The molecule has 1 aliphatic rings. The van der Waals surface area contributed by atoms with Crippen LogP contribution >= 0.6 is 0 Å². The lowest BCUT2D eigenvalue weighted by Gasteiger charge is -2.33. The van der Waals surface area contributed by atoms with Gasteiger partial charge in [-0.25, -0.2) is 8.42 Å². The molecular formula is C16H20N4O3S. The molecule has 0 saturated heterocycles. The van der Waals surface area contributed by atoms with Gasteiger partial charge in [0.15, 0.2) is 0 Å². The van der Waals surface area contributed by atoms with Gasteiger partial charge >= 0.3 is 0 Å². The number of carbonyl (C=O) groups excluding carboxylic acids is 1. The molecule has 0 saturated carbocycles. The number of benzene rings is 1. The Bertz CT molecular complexity index is 873. The van der Waals surface area contributed by atoms with Crippen molar-refractivity contribution < 1.29 is 13.2 Å². The van der Waals surface area contributed by atoms with Gasteiger partial charge in [0.2, 0.25) is 15.9 Å². The molecule has 0 fully saturated rings. The molecule has 0 unspecified atom stereocenters. The van der Waals surface area contributed by atoms with Crippen LogP contribution < -0.4 is 5.73 Å². The molecule has 3 rings (SSSR count). The summed E-state index contributed by atoms with van der Waals surface area (Å²) < 4.78 is 28.8. The van der Waals surface area contributed by atoms with Crippen LogP contribution in [0.15, 0.2) is 41.6 Å². The summed E-state index contributed by atoms with van der Waals surface area (Å²) in [7, 11) is -3.86. The number of hydrogen-bond acceptors (Lipinski definition) is 4. The van der Waals surface area contributed by atoms with Crippen molar-refractivity contribution >= 4 is 15.9 Å². The van der Waals surface area contributed by atoms with Crippen molar-refractivity contribution in [1.29, 1.82) is 0 Å². The van der Waals surface area contributed by atoms with Crippen LogP contribution in [0.3, 0.4) is 0 Å². The lowest BCUT2D eigenvalue weighted by atomic mass is 9.96. The molecule has 0 radical (unpaired) electrons. The van der Waals surface area contributed by atoms with Crippen molar-refractivity contribution in [3.05, 3.63) is 47.8 Å². The van der Waals surface area contributed by atoms with E-state index in [1.165, 1.54) is 16.7 Å². The van der Waals surface area contributed by atoms with Gasteiger partial charge in [-0.05, 0) is 31.4 Å². The highest BCUT2D eigenvalue weighted by atomic mass is 32.2. The molecular weight excluding hydrogens is 328 g/mol. The van der Waals surface area contributed by atoms with E-state index in [0.29, 0.717) is 0 Å². The Morgan fingerprint density at radius 2 is 1.96 bits per heavy atom. The van der Waals surface area contributed by atoms with Crippen LogP contribution in [-0.4, -0.2) is 34.5 Å². The number of rotatable bonds is 4. The van der Waals surface area contributed by atoms with E-state index in [-0.39, 0.29) is 23.9 Å². The van der Waals surface area contributed by atoms with Crippen molar-refractivity contribution in [2.45, 2.75) is 43.8 Å². The number of nitrogens with zero attached hydrogens (tertiary/aromatic N) is 3. The molecule has 1 aromatic heterocycles. The standard InChI is InChI=1S/C16H20N4O3S/c1-11(2)19-10-14(8-18-19)24(22,23)20-9-13-6-4-3-5-12(13)7-15(20)16(17)21/h3-6,8,10-11,15H,7,9H2,1-2H3,(H2,17,21)/t15-/m0/s1. The van der Waals surface area contributed by atoms with Crippen LogP contribution in [0, 0.1) is 0 Å². The zero-order valence-corrected chi connectivity index (χ0v) is 14.4. The van der Waals surface area contributed by atoms with E-state index in [1.807, 2.05) is 38.1 Å². The van der Waals surface area contributed by atoms with Gasteiger partial charge in [0.1, 0.15) is 10.9 Å². The Balaban J connectivity index is 2.02. The van der Waals surface area contributed by atoms with Gasteiger partial charge in [-0.2, -0.15) is 9.40 Å². The lowest BCUT2D eigenvalue weighted by Crippen LogP contribution is -2.50. The SMILES string of the molecule is CC(C)n1cc(S(=O)(=O)N2Cc3ccccc3C[C@H]2C(N)=O)cn1. The van der Waals surface area contributed by atoms with Crippen molar-refractivity contribution in [2.75, 3.05) is 0 Å². The van der Waals surface area contributed by atoms with Crippen LogP contribution in [0.2, 0.25) is 0 Å². The summed E-state index contributed by atoms with van der Waals surface area (Å²) in [6, 6.07) is 6.63. The summed E-state index contributed by atoms with van der Waals surface area (Å²) in [4.78, 5) is 11.9. The first-order valence-electron chi connectivity index (χ1n) is 7.73. The van der Waals surface area contributed by atoms with Crippen LogP contribution in [0.4, 0.5) is 0 Å². The van der Waals surface area contributed by atoms with Crippen LogP contribution in [0.5, 0.6) is 0 Å². The predicted octanol–water partition coefficient (Wildman–Crippen LogP) is 1.06. The first-order chi connectivity index (χ1) is 11.3. The molecule has 7 nitrogen and oxygen atoms in total. The summed E-state index contributed by atoms with van der Waals surface area (Å²) in [5.74, 6) is -0.649. The van der Waals surface area contributed by atoms with E-state index in [2.05, 4.69) is 5.10 Å². The zero-order valence-electron chi connectivity index (χ0n) is 13.6. The van der Waals surface area contributed by atoms with Crippen molar-refractivity contribution in [2.24, 2.45) is 5.73 Å². The molecule has 1 aromatic carbocycles. The Labute approximate surface area is 141 Å². The van der Waals surface area contributed by atoms with Crippen molar-refractivity contribution in [1.82, 2.24) is 14.1 Å². The minimum atomic E-state index is -3.86. The number of hydrogen-bond donors (Lipinski definition) is 1. The van der Waals surface area contributed by atoms with Crippen molar-refractivity contribution in [3.63, 3.8) is 0 Å². The van der Waals surface area contributed by atoms with E-state index in [0.717, 1.165) is 11.1 Å². The van der Waals surface area contributed by atoms with Gasteiger partial charge in [-0.3, -0.25) is 9.48 Å². The normalized spacial score (nSPS) is 18.5. The molecule has 128 valence electrons. The number of nitrogens with two attached hydrogens (primary N) is 1. The molecule has 2 aromatic rings. The zero-order chi connectivity index (χ0) is 17.5. The van der Waals surface area contributed by atoms with Crippen LogP contribution in [0.25, 0.3) is 0 Å². The molecule has 0 bridgehead atoms. The highest BCUT2D eigenvalue weighted by Gasteiger charge is 2.39. The fourth-order valence-corrected chi connectivity index (χ4v) is 4.38. The summed E-state index contributed by atoms with van der Waals surface area (Å²) in [6.45, 7) is 3.94. The maximum Gasteiger partial charge on any atom is 0.247 e. The van der Waals surface area contributed by atoms with Crippen LogP contribution in [0.1, 0.15) is 31.0 Å². The first kappa shape index (κ1) is 16.7. The molecule has 1 amide bonds. The van der Waals surface area contributed by atoms with E-state index >= 15 is 0 Å². The first-order valence-corrected chi connectivity index (χ1v) is 9.17. The number of fused-ring (bicyclic) bond motifs is 1. The molecule has 0 spiro atoms. The quantitative estimate of drug-likeness (QED) is 0.893. The number of sulfonamides is 1. The molecule has 1 atom stereocenters. The lowest BCUT2D eigenvalue weighted by molar-refractivity contribution is -0.122. The average molecular weight is 348 g/mol. The molecule has 1 aliphatic heterocycles. The van der Waals surface area contributed by atoms with Crippen LogP contribution in [-0.2, 0) is 27.8 Å². The topological polar surface area (TPSA) is 98.3 Å². The molecule has 0 aliphatic carbocycles. The minimum absolute atomic E-state index is 0.0444. The number of primary amides is 1. The maximum absolute atomic E-state index is 13.0. The van der Waals surface area contributed by atoms with Gasteiger partial charge in [-0.15, -0.1) is 0 Å². The molecule has 2 heterocycles. The number of aromatic nitrogens is 2. The smallest absolute Gasteiger partial charge is 0.247 e. The van der Waals surface area contributed by atoms with Gasteiger partial charge in [0, 0.05) is 18.8 Å². The highest BCUT2D eigenvalue weighted by molar-refractivity contribution is 7.89. The molecule has 2 N–H and O–H groups in total. The second kappa shape index (κ2) is 6.03. The maximum atomic E-state index is 13.0. The summed E-state index contributed by atoms with van der Waals surface area (Å²) >= 11 is 0. The number of amides is 1. The summed E-state index contributed by atoms with van der Waals surface area (Å²) in [5.41, 5.74) is 7.31. The third kappa shape index (κ3) is 2.83. The highest BCUT2D eigenvalue weighted by Crippen LogP contribution is 2.29. The average Bonchev–Trinajstić information content (AvgIpc) is 3.04. The van der Waals surface area contributed by atoms with E-state index in [1.54, 1.807) is 4.68 Å². The van der Waals surface area contributed by atoms with Gasteiger partial charge in [0.05, 0.1) is 6.20 Å². The van der Waals surface area contributed by atoms with Gasteiger partial charge in [0.25, 0.3) is 0 Å². The van der Waals surface area contributed by atoms with Gasteiger partial charge < -0.3 is 5.73 Å². The number of carbonyl (C=O) groups is 1. The molecule has 8 heteroatoms.